The molecule has 1 aliphatic rings. The third-order valence-corrected chi connectivity index (χ3v) is 8.34. The van der Waals surface area contributed by atoms with Gasteiger partial charge in [-0.3, -0.25) is 4.79 Å². The summed E-state index contributed by atoms with van der Waals surface area (Å²) in [6.45, 7) is 6.76. The summed E-state index contributed by atoms with van der Waals surface area (Å²) in [5.74, 6) is -0.449. The molecular formula is C42H49N3O8. The van der Waals surface area contributed by atoms with Gasteiger partial charge in [0.05, 0.1) is 31.8 Å². The number of alkyl carbamates (subject to hydrolysis) is 1. The van der Waals surface area contributed by atoms with Gasteiger partial charge in [0.25, 0.3) is 0 Å². The van der Waals surface area contributed by atoms with Crippen LogP contribution < -0.4 is 15.4 Å². The van der Waals surface area contributed by atoms with Crippen molar-refractivity contribution in [3.8, 4) is 5.75 Å². The number of hydrogen-bond acceptors (Lipinski definition) is 8. The maximum atomic E-state index is 13.9. The minimum atomic E-state index is -0.690. The largest absolute Gasteiger partial charge is 0.488 e. The van der Waals surface area contributed by atoms with E-state index in [2.05, 4.69) is 15.6 Å². The molecule has 3 aromatic carbocycles. The Morgan fingerprint density at radius 2 is 1.81 bits per heavy atom. The van der Waals surface area contributed by atoms with Gasteiger partial charge in [-0.05, 0) is 62.4 Å². The minimum Gasteiger partial charge on any atom is -0.488 e. The van der Waals surface area contributed by atoms with Crippen LogP contribution in [-0.4, -0.2) is 73.7 Å². The first-order valence-electron chi connectivity index (χ1n) is 18.0. The van der Waals surface area contributed by atoms with E-state index in [-0.39, 0.29) is 44.3 Å². The second kappa shape index (κ2) is 19.4. The van der Waals surface area contributed by atoms with Gasteiger partial charge in [0, 0.05) is 30.3 Å². The Kier molecular flexibility index (Phi) is 14.2. The Morgan fingerprint density at radius 3 is 2.64 bits per heavy atom. The van der Waals surface area contributed by atoms with Crippen LogP contribution in [0.25, 0.3) is 17.0 Å². The second-order valence-electron chi connectivity index (χ2n) is 13.6. The van der Waals surface area contributed by atoms with Crippen LogP contribution >= 0.6 is 0 Å². The second-order valence-corrected chi connectivity index (χ2v) is 13.6. The summed E-state index contributed by atoms with van der Waals surface area (Å²) < 4.78 is 29.7. The molecule has 280 valence electrons. The van der Waals surface area contributed by atoms with Gasteiger partial charge in [0.1, 0.15) is 30.1 Å². The monoisotopic (exact) mass is 723 g/mol. The number of fused-ring (bicyclic) bond motifs is 2. The number of hydrogen-bond donors (Lipinski definition) is 3. The van der Waals surface area contributed by atoms with Crippen molar-refractivity contribution in [2.24, 2.45) is 0 Å². The molecular weight excluding hydrogens is 674 g/mol. The predicted octanol–water partition coefficient (Wildman–Crippen LogP) is 6.92. The summed E-state index contributed by atoms with van der Waals surface area (Å²) in [5.41, 5.74) is 3.05. The molecule has 0 radical (unpaired) electrons. The highest BCUT2D eigenvalue weighted by Crippen LogP contribution is 2.27. The Balaban J connectivity index is 1.34. The third kappa shape index (κ3) is 12.4. The lowest BCUT2D eigenvalue weighted by atomic mass is 10.0. The van der Waals surface area contributed by atoms with Crippen molar-refractivity contribution in [1.29, 1.82) is 0 Å². The van der Waals surface area contributed by atoms with Crippen LogP contribution in [-0.2, 0) is 36.8 Å². The average molecular weight is 724 g/mol. The van der Waals surface area contributed by atoms with Crippen molar-refractivity contribution >= 4 is 34.9 Å². The number of aromatic nitrogens is 1. The van der Waals surface area contributed by atoms with Crippen molar-refractivity contribution in [2.45, 2.75) is 64.4 Å². The minimum absolute atomic E-state index is 0.117. The molecule has 1 unspecified atom stereocenters. The van der Waals surface area contributed by atoms with Crippen molar-refractivity contribution in [3.05, 3.63) is 119 Å². The van der Waals surface area contributed by atoms with E-state index >= 15 is 0 Å². The SMILES string of the molecule is CC(C)(C)OC(=O)NC/C=C/COC1CCCOC/C=C/c2cccc(OCc3ccccc3)c2C(=O)OC[C@@H]1NC(=O)Cc1c[nH]c2ccccc12. The lowest BCUT2D eigenvalue weighted by molar-refractivity contribution is -0.123. The molecule has 0 bridgehead atoms. The summed E-state index contributed by atoms with van der Waals surface area (Å²) >= 11 is 0. The summed E-state index contributed by atoms with van der Waals surface area (Å²) in [6, 6.07) is 22.2. The van der Waals surface area contributed by atoms with Crippen LogP contribution in [0.1, 0.15) is 60.7 Å². The standard InChI is InChI=1S/C42H49N3O8/c1-42(2,3)53-41(48)43-22-9-10-25-50-36-21-13-24-49-23-12-17-31-16-11-20-37(51-28-30-14-5-4-6-15-30)39(31)40(47)52-29-35(36)45-38(46)26-32-27-44-34-19-8-7-18-33(32)34/h4-12,14-20,27,35-36,44H,13,21-26,28-29H2,1-3H3,(H,43,48)(H,45,46)/b10-9+,17-12+/t35-,36?/m0/s1. The van der Waals surface area contributed by atoms with E-state index in [0.717, 1.165) is 22.0 Å². The first-order valence-corrected chi connectivity index (χ1v) is 18.0. The summed E-state index contributed by atoms with van der Waals surface area (Å²) in [7, 11) is 0. The lowest BCUT2D eigenvalue weighted by Gasteiger charge is -2.28. The van der Waals surface area contributed by atoms with Crippen molar-refractivity contribution in [1.82, 2.24) is 15.6 Å². The number of esters is 1. The zero-order valence-corrected chi connectivity index (χ0v) is 30.6. The van der Waals surface area contributed by atoms with E-state index in [9.17, 15) is 14.4 Å². The molecule has 1 aliphatic heterocycles. The van der Waals surface area contributed by atoms with Crippen LogP contribution in [0.3, 0.4) is 0 Å². The topological polar surface area (TPSA) is 137 Å². The highest BCUT2D eigenvalue weighted by Gasteiger charge is 2.28. The van der Waals surface area contributed by atoms with E-state index in [1.807, 2.05) is 85.1 Å². The van der Waals surface area contributed by atoms with E-state index in [4.69, 9.17) is 23.7 Å². The molecule has 2 heterocycles. The van der Waals surface area contributed by atoms with Gasteiger partial charge in [-0.15, -0.1) is 0 Å². The van der Waals surface area contributed by atoms with Crippen LogP contribution in [0, 0.1) is 0 Å². The number of benzene rings is 3. The van der Waals surface area contributed by atoms with Gasteiger partial charge in [0.2, 0.25) is 5.91 Å². The maximum Gasteiger partial charge on any atom is 0.407 e. The number of carbonyl (C=O) groups excluding carboxylic acids is 3. The molecule has 11 heteroatoms. The number of para-hydroxylation sites is 1. The molecule has 5 rings (SSSR count). The molecule has 3 N–H and O–H groups in total. The third-order valence-electron chi connectivity index (χ3n) is 8.34. The highest BCUT2D eigenvalue weighted by molar-refractivity contribution is 5.97. The molecule has 0 fully saturated rings. The maximum absolute atomic E-state index is 13.9. The van der Waals surface area contributed by atoms with Crippen molar-refractivity contribution in [3.63, 3.8) is 0 Å². The van der Waals surface area contributed by atoms with Gasteiger partial charge >= 0.3 is 12.1 Å². The van der Waals surface area contributed by atoms with Gasteiger partial charge in [-0.25, -0.2) is 9.59 Å². The van der Waals surface area contributed by atoms with Crippen LogP contribution in [0.2, 0.25) is 0 Å². The quantitative estimate of drug-likeness (QED) is 0.112. The first-order chi connectivity index (χ1) is 25.7. The predicted molar refractivity (Wildman–Crippen MR) is 204 cm³/mol. The fourth-order valence-electron chi connectivity index (χ4n) is 5.85. The highest BCUT2D eigenvalue weighted by atomic mass is 16.6. The number of carbonyl (C=O) groups is 3. The molecule has 0 spiro atoms. The van der Waals surface area contributed by atoms with Crippen LogP contribution in [0.4, 0.5) is 4.79 Å². The summed E-state index contributed by atoms with van der Waals surface area (Å²) in [6.07, 6.45) is 9.29. The van der Waals surface area contributed by atoms with Gasteiger partial charge in [-0.2, -0.15) is 0 Å². The normalized spacial score (nSPS) is 17.7. The first kappa shape index (κ1) is 38.8. The zero-order chi connectivity index (χ0) is 37.5. The van der Waals surface area contributed by atoms with E-state index < -0.39 is 29.8 Å². The van der Waals surface area contributed by atoms with Gasteiger partial charge < -0.3 is 39.3 Å². The van der Waals surface area contributed by atoms with E-state index in [0.29, 0.717) is 37.4 Å². The molecule has 1 aromatic heterocycles. The van der Waals surface area contributed by atoms with E-state index in [1.165, 1.54) is 0 Å². The molecule has 2 amide bonds. The van der Waals surface area contributed by atoms with Gasteiger partial charge in [0.15, 0.2) is 0 Å². The van der Waals surface area contributed by atoms with Crippen molar-refractivity contribution in [2.75, 3.05) is 33.0 Å². The van der Waals surface area contributed by atoms with Crippen molar-refractivity contribution < 1.29 is 38.1 Å². The van der Waals surface area contributed by atoms with Crippen LogP contribution in [0.15, 0.2) is 97.2 Å². The summed E-state index contributed by atoms with van der Waals surface area (Å²) in [5, 5.41) is 6.75. The summed E-state index contributed by atoms with van der Waals surface area (Å²) in [4.78, 5) is 42.8. The Labute approximate surface area is 310 Å². The Bertz CT molecular complexity index is 1860. The fourth-order valence-corrected chi connectivity index (χ4v) is 5.85. The fraction of sp³-hybridized carbons (Fsp3) is 0.357. The number of cyclic esters (lactones) is 1. The molecule has 0 saturated carbocycles. The number of ether oxygens (including phenoxy) is 5. The zero-order valence-electron chi connectivity index (χ0n) is 30.6. The van der Waals surface area contributed by atoms with Gasteiger partial charge in [-0.1, -0.05) is 85.0 Å². The molecule has 53 heavy (non-hydrogen) atoms. The molecule has 4 aromatic rings. The molecule has 2 atom stereocenters. The Hall–Kier alpha value is -5.39. The van der Waals surface area contributed by atoms with E-state index in [1.54, 1.807) is 39.0 Å². The molecule has 11 nitrogen and oxygen atoms in total. The number of amides is 2. The number of aromatic amines is 1. The van der Waals surface area contributed by atoms with Crippen LogP contribution in [0.5, 0.6) is 5.75 Å². The lowest BCUT2D eigenvalue weighted by Crippen LogP contribution is -2.48. The molecule has 0 aliphatic carbocycles. The Morgan fingerprint density at radius 1 is 1.00 bits per heavy atom. The number of nitrogens with one attached hydrogen (secondary N) is 3. The molecule has 0 saturated heterocycles. The smallest absolute Gasteiger partial charge is 0.407 e. The number of rotatable bonds is 11. The number of H-pyrrole nitrogens is 1. The average Bonchev–Trinajstić information content (AvgIpc) is 3.54.